The molecule has 20 heavy (non-hydrogen) atoms. The van der Waals surface area contributed by atoms with E-state index < -0.39 is 11.9 Å². The first kappa shape index (κ1) is 16.2. The zero-order valence-electron chi connectivity index (χ0n) is 12.7. The molecule has 0 bridgehead atoms. The van der Waals surface area contributed by atoms with Crippen molar-refractivity contribution in [3.05, 3.63) is 35.5 Å². The summed E-state index contributed by atoms with van der Waals surface area (Å²) in [5.41, 5.74) is 0.481. The molecule has 0 atom stereocenters. The zero-order chi connectivity index (χ0) is 15.3. The van der Waals surface area contributed by atoms with E-state index in [1.807, 2.05) is 19.1 Å². The maximum atomic E-state index is 12.1. The lowest BCUT2D eigenvalue weighted by atomic mass is 10.1. The molecule has 0 saturated carbocycles. The van der Waals surface area contributed by atoms with Crippen LogP contribution >= 0.6 is 0 Å². The van der Waals surface area contributed by atoms with Crippen LogP contribution in [0.1, 0.15) is 34.6 Å². The Balaban J connectivity index is 3.14. The smallest absolute Gasteiger partial charge is 0.339 e. The first-order valence-electron chi connectivity index (χ1n) is 6.84. The van der Waals surface area contributed by atoms with Gasteiger partial charge in [0.05, 0.1) is 23.4 Å². The number of carbonyl (C=O) groups is 2. The van der Waals surface area contributed by atoms with Crippen LogP contribution in [0.2, 0.25) is 0 Å². The SMILES string of the molecule is CC1C=CC(C(=O)OC(C)C)=C(C(=O)OC(C)C)C=C1. The zero-order valence-corrected chi connectivity index (χ0v) is 12.7. The molecule has 4 nitrogen and oxygen atoms in total. The molecular formula is C16H22O4. The van der Waals surface area contributed by atoms with Gasteiger partial charge < -0.3 is 9.47 Å². The largest absolute Gasteiger partial charge is 0.459 e. The van der Waals surface area contributed by atoms with Gasteiger partial charge in [-0.25, -0.2) is 9.59 Å². The van der Waals surface area contributed by atoms with Gasteiger partial charge in [0.1, 0.15) is 0 Å². The molecule has 110 valence electrons. The predicted molar refractivity (Wildman–Crippen MR) is 76.9 cm³/mol. The van der Waals surface area contributed by atoms with Crippen molar-refractivity contribution >= 4 is 11.9 Å². The van der Waals surface area contributed by atoms with Crippen LogP contribution in [0.4, 0.5) is 0 Å². The predicted octanol–water partition coefficient (Wildman–Crippen LogP) is 2.95. The molecule has 0 saturated heterocycles. The van der Waals surface area contributed by atoms with E-state index in [9.17, 15) is 9.59 Å². The lowest BCUT2D eigenvalue weighted by Gasteiger charge is -2.12. The summed E-state index contributed by atoms with van der Waals surface area (Å²) in [6.07, 6.45) is 6.48. The molecule has 1 rings (SSSR count). The Morgan fingerprint density at radius 3 is 1.55 bits per heavy atom. The summed E-state index contributed by atoms with van der Waals surface area (Å²) in [5.74, 6) is -0.877. The number of esters is 2. The van der Waals surface area contributed by atoms with Gasteiger partial charge >= 0.3 is 11.9 Å². The van der Waals surface area contributed by atoms with E-state index in [1.165, 1.54) is 0 Å². The van der Waals surface area contributed by atoms with Crippen molar-refractivity contribution in [1.29, 1.82) is 0 Å². The van der Waals surface area contributed by atoms with Gasteiger partial charge in [-0.1, -0.05) is 31.2 Å². The van der Waals surface area contributed by atoms with E-state index in [4.69, 9.17) is 9.47 Å². The minimum absolute atomic E-state index is 0.140. The average Bonchev–Trinajstić information content (AvgIpc) is 2.49. The van der Waals surface area contributed by atoms with E-state index >= 15 is 0 Å². The van der Waals surface area contributed by atoms with E-state index in [0.717, 1.165) is 0 Å². The molecule has 4 heteroatoms. The molecule has 0 aromatic carbocycles. The molecule has 0 aromatic heterocycles. The summed E-state index contributed by atoms with van der Waals surface area (Å²) in [6.45, 7) is 9.04. The van der Waals surface area contributed by atoms with Gasteiger partial charge in [0.15, 0.2) is 0 Å². The van der Waals surface area contributed by atoms with Gasteiger partial charge in [-0.15, -0.1) is 0 Å². The number of hydrogen-bond acceptors (Lipinski definition) is 4. The second-order valence-corrected chi connectivity index (χ2v) is 5.31. The minimum Gasteiger partial charge on any atom is -0.459 e. The molecule has 0 radical (unpaired) electrons. The van der Waals surface area contributed by atoms with Gasteiger partial charge in [0.25, 0.3) is 0 Å². The highest BCUT2D eigenvalue weighted by Gasteiger charge is 2.22. The van der Waals surface area contributed by atoms with Gasteiger partial charge in [0.2, 0.25) is 0 Å². The monoisotopic (exact) mass is 278 g/mol. The van der Waals surface area contributed by atoms with Gasteiger partial charge in [-0.2, -0.15) is 0 Å². The maximum Gasteiger partial charge on any atom is 0.339 e. The first-order valence-corrected chi connectivity index (χ1v) is 6.84. The highest BCUT2D eigenvalue weighted by atomic mass is 16.5. The van der Waals surface area contributed by atoms with Crippen molar-refractivity contribution in [2.45, 2.75) is 46.8 Å². The summed E-state index contributed by atoms with van der Waals surface area (Å²) < 4.78 is 10.4. The molecule has 1 aliphatic rings. The second kappa shape index (κ2) is 7.08. The normalized spacial score (nSPS) is 15.8. The van der Waals surface area contributed by atoms with E-state index in [0.29, 0.717) is 0 Å². The molecule has 0 aliphatic heterocycles. The lowest BCUT2D eigenvalue weighted by Crippen LogP contribution is -2.19. The standard InChI is InChI=1S/C16H22O4/c1-10(2)19-15(17)13-8-6-12(5)7-9-14(13)16(18)20-11(3)4/h6-12H,1-5H3. The third-order valence-electron chi connectivity index (χ3n) is 2.55. The summed E-state index contributed by atoms with van der Waals surface area (Å²) >= 11 is 0. The minimum atomic E-state index is -0.509. The Morgan fingerprint density at radius 2 is 1.25 bits per heavy atom. The first-order chi connectivity index (χ1) is 9.31. The number of hydrogen-bond donors (Lipinski definition) is 0. The third-order valence-corrected chi connectivity index (χ3v) is 2.55. The maximum absolute atomic E-state index is 12.1. The van der Waals surface area contributed by atoms with Crippen LogP contribution in [-0.2, 0) is 19.1 Å². The number of allylic oxidation sites excluding steroid dienone is 2. The highest BCUT2D eigenvalue weighted by molar-refractivity contribution is 6.04. The van der Waals surface area contributed by atoms with Crippen LogP contribution in [0.5, 0.6) is 0 Å². The number of ether oxygens (including phenoxy) is 2. The Bertz CT molecular complexity index is 425. The van der Waals surface area contributed by atoms with Crippen molar-refractivity contribution in [2.24, 2.45) is 5.92 Å². The Kier molecular flexibility index (Phi) is 5.74. The molecular weight excluding hydrogens is 256 g/mol. The van der Waals surface area contributed by atoms with Crippen molar-refractivity contribution in [2.75, 3.05) is 0 Å². The van der Waals surface area contributed by atoms with Gasteiger partial charge in [-0.3, -0.25) is 0 Å². The Hall–Kier alpha value is -1.84. The average molecular weight is 278 g/mol. The van der Waals surface area contributed by atoms with Crippen LogP contribution in [0, 0.1) is 5.92 Å². The summed E-state index contributed by atoms with van der Waals surface area (Å²) in [4.78, 5) is 24.2. The van der Waals surface area contributed by atoms with Crippen LogP contribution < -0.4 is 0 Å². The van der Waals surface area contributed by atoms with Crippen molar-refractivity contribution in [1.82, 2.24) is 0 Å². The molecule has 0 heterocycles. The van der Waals surface area contributed by atoms with Crippen LogP contribution in [-0.4, -0.2) is 24.1 Å². The second-order valence-electron chi connectivity index (χ2n) is 5.31. The van der Waals surface area contributed by atoms with Crippen molar-refractivity contribution in [3.8, 4) is 0 Å². The lowest BCUT2D eigenvalue weighted by molar-refractivity contribution is -0.145. The van der Waals surface area contributed by atoms with Crippen molar-refractivity contribution < 1.29 is 19.1 Å². The van der Waals surface area contributed by atoms with Crippen LogP contribution in [0.25, 0.3) is 0 Å². The van der Waals surface area contributed by atoms with Crippen molar-refractivity contribution in [3.63, 3.8) is 0 Å². The highest BCUT2D eigenvalue weighted by Crippen LogP contribution is 2.19. The Labute approximate surface area is 120 Å². The van der Waals surface area contributed by atoms with Crippen LogP contribution in [0.15, 0.2) is 35.5 Å². The summed E-state index contributed by atoms with van der Waals surface area (Å²) in [7, 11) is 0. The topological polar surface area (TPSA) is 52.6 Å². The molecule has 0 fully saturated rings. The van der Waals surface area contributed by atoms with E-state index in [2.05, 4.69) is 0 Å². The van der Waals surface area contributed by atoms with E-state index in [-0.39, 0.29) is 29.3 Å². The summed E-state index contributed by atoms with van der Waals surface area (Å²) in [5, 5.41) is 0. The van der Waals surface area contributed by atoms with Gasteiger partial charge in [-0.05, 0) is 33.6 Å². The van der Waals surface area contributed by atoms with Crippen LogP contribution in [0.3, 0.4) is 0 Å². The molecule has 1 aliphatic carbocycles. The Morgan fingerprint density at radius 1 is 0.900 bits per heavy atom. The fraction of sp³-hybridized carbons (Fsp3) is 0.500. The number of rotatable bonds is 4. The fourth-order valence-electron chi connectivity index (χ4n) is 1.65. The van der Waals surface area contributed by atoms with Gasteiger partial charge in [0, 0.05) is 0 Å². The molecule has 0 unspecified atom stereocenters. The third kappa shape index (κ3) is 4.68. The van der Waals surface area contributed by atoms with E-state index in [1.54, 1.807) is 39.8 Å². The summed E-state index contributed by atoms with van der Waals surface area (Å²) in [6, 6.07) is 0. The number of carbonyl (C=O) groups excluding carboxylic acids is 2. The fourth-order valence-corrected chi connectivity index (χ4v) is 1.65. The molecule has 0 N–H and O–H groups in total. The molecule has 0 amide bonds. The quantitative estimate of drug-likeness (QED) is 0.742. The molecule has 0 aromatic rings. The molecule has 0 spiro atoms.